The number of hydrogen-bond acceptors (Lipinski definition) is 0. The number of hydrogen-bond donors (Lipinski definition) is 0. The molecule has 0 saturated carbocycles. The van der Waals surface area contributed by atoms with Gasteiger partial charge < -0.3 is 0 Å². The van der Waals surface area contributed by atoms with Crippen LogP contribution in [-0.4, -0.2) is 12.5 Å². The molecule has 0 aliphatic carbocycles. The Labute approximate surface area is 74.9 Å². The molecule has 0 N–H and O–H groups in total. The van der Waals surface area contributed by atoms with Gasteiger partial charge in [-0.25, -0.2) is 0 Å². The van der Waals surface area contributed by atoms with Crippen molar-refractivity contribution in [2.24, 2.45) is 0 Å². The average molecular weight is 199 g/mol. The van der Waals surface area contributed by atoms with Crippen molar-refractivity contribution >= 4 is 31.3 Å². The van der Waals surface area contributed by atoms with Gasteiger partial charge in [-0.15, -0.1) is 23.2 Å². The molecule has 0 nitrogen and oxygen atoms in total. The molecular formula is C7H16Cl2Si. The van der Waals surface area contributed by atoms with E-state index in [0.29, 0.717) is 0 Å². The quantitative estimate of drug-likeness (QED) is 0.476. The minimum absolute atomic E-state index is 0.0764. The van der Waals surface area contributed by atoms with Gasteiger partial charge in [0.15, 0.2) is 0 Å². The molecule has 0 rings (SSSR count). The van der Waals surface area contributed by atoms with Gasteiger partial charge in [0.2, 0.25) is 0 Å². The number of alkyl halides is 2. The summed E-state index contributed by atoms with van der Waals surface area (Å²) in [6.45, 7) is 6.62. The highest BCUT2D eigenvalue weighted by molar-refractivity contribution is 6.93. The molecule has 0 bridgehead atoms. The fraction of sp³-hybridized carbons (Fsp3) is 1.00. The van der Waals surface area contributed by atoms with E-state index in [9.17, 15) is 0 Å². The van der Waals surface area contributed by atoms with Gasteiger partial charge >= 0.3 is 0 Å². The van der Waals surface area contributed by atoms with Crippen LogP contribution in [0.25, 0.3) is 0 Å². The van der Waals surface area contributed by atoms with Gasteiger partial charge in [-0.2, -0.15) is 0 Å². The Hall–Kier alpha value is 0.797. The van der Waals surface area contributed by atoms with E-state index in [2.05, 4.69) is 20.8 Å². The van der Waals surface area contributed by atoms with Crippen LogP contribution in [0.2, 0.25) is 18.1 Å². The van der Waals surface area contributed by atoms with Gasteiger partial charge in [-0.1, -0.05) is 38.9 Å². The van der Waals surface area contributed by atoms with Gasteiger partial charge in [0, 0.05) is 0 Å². The fourth-order valence-electron chi connectivity index (χ4n) is 1.21. The zero-order valence-corrected chi connectivity index (χ0v) is 9.47. The lowest BCUT2D eigenvalue weighted by molar-refractivity contribution is 1.15. The smallest absolute Gasteiger partial charge is 0.0976 e. The van der Waals surface area contributed by atoms with Crippen LogP contribution in [-0.2, 0) is 0 Å². The summed E-state index contributed by atoms with van der Waals surface area (Å²) in [6.07, 6.45) is 0. The van der Waals surface area contributed by atoms with Crippen LogP contribution < -0.4 is 0 Å². The minimum atomic E-state index is -1.26. The van der Waals surface area contributed by atoms with Crippen LogP contribution in [0.1, 0.15) is 20.8 Å². The molecule has 0 atom stereocenters. The highest BCUT2D eigenvalue weighted by Gasteiger charge is 2.33. The van der Waals surface area contributed by atoms with Crippen LogP contribution >= 0.6 is 23.2 Å². The monoisotopic (exact) mass is 198 g/mol. The Morgan fingerprint density at radius 3 is 1.30 bits per heavy atom. The Morgan fingerprint density at radius 2 is 1.30 bits per heavy atom. The van der Waals surface area contributed by atoms with E-state index >= 15 is 0 Å². The zero-order chi connectivity index (χ0) is 8.20. The Balaban J connectivity index is 4.15. The van der Waals surface area contributed by atoms with Crippen molar-refractivity contribution in [1.29, 1.82) is 0 Å². The lowest BCUT2D eigenvalue weighted by Crippen LogP contribution is -2.39. The lowest BCUT2D eigenvalue weighted by Gasteiger charge is -2.28. The van der Waals surface area contributed by atoms with Crippen LogP contribution in [0.3, 0.4) is 0 Å². The molecule has 0 radical (unpaired) electrons. The predicted octanol–water partition coefficient (Wildman–Crippen LogP) is 3.84. The average Bonchev–Trinajstić information content (AvgIpc) is 1.92. The Kier molecular flexibility index (Phi) is 5.00. The fourth-order valence-corrected chi connectivity index (χ4v) is 6.42. The summed E-state index contributed by atoms with van der Waals surface area (Å²) in [4.78, 5) is 0. The predicted molar refractivity (Wildman–Crippen MR) is 52.7 cm³/mol. The summed E-state index contributed by atoms with van der Waals surface area (Å²) in [5, 5.41) is 0. The standard InChI is InChI=1S/C7H16Cl2Si/c1-4-10(5-2,6-3)7(8)9/h7H,4-6H2,1-3H3. The molecule has 0 fully saturated rings. The molecule has 0 aromatic carbocycles. The van der Waals surface area contributed by atoms with Crippen molar-refractivity contribution in [3.8, 4) is 0 Å². The second-order valence-electron chi connectivity index (χ2n) is 2.72. The Bertz CT molecular complexity index is 81.3. The third kappa shape index (κ3) is 2.14. The van der Waals surface area contributed by atoms with Crippen LogP contribution in [0.15, 0.2) is 0 Å². The second kappa shape index (κ2) is 4.63. The highest BCUT2D eigenvalue weighted by atomic mass is 35.5. The van der Waals surface area contributed by atoms with Crippen LogP contribution in [0, 0.1) is 0 Å². The van der Waals surface area contributed by atoms with Crippen LogP contribution in [0.4, 0.5) is 0 Å². The van der Waals surface area contributed by atoms with Crippen molar-refractivity contribution in [3.05, 3.63) is 0 Å². The summed E-state index contributed by atoms with van der Waals surface area (Å²) in [7, 11) is -1.26. The molecule has 0 aliphatic heterocycles. The maximum atomic E-state index is 5.93. The maximum Gasteiger partial charge on any atom is 0.0976 e. The van der Waals surface area contributed by atoms with E-state index in [0.717, 1.165) is 0 Å². The van der Waals surface area contributed by atoms with E-state index in [4.69, 9.17) is 23.2 Å². The normalized spacial score (nSPS) is 12.6. The van der Waals surface area contributed by atoms with Crippen molar-refractivity contribution < 1.29 is 0 Å². The molecule has 0 aliphatic rings. The summed E-state index contributed by atoms with van der Waals surface area (Å²) in [5.74, 6) is 0. The molecule has 0 aromatic rings. The SMILES string of the molecule is CC[Si](CC)(CC)C(Cl)Cl. The molecule has 0 unspecified atom stereocenters. The van der Waals surface area contributed by atoms with Gasteiger partial charge in [0.25, 0.3) is 0 Å². The molecule has 10 heavy (non-hydrogen) atoms. The third-order valence-corrected chi connectivity index (χ3v) is 10.5. The van der Waals surface area contributed by atoms with Crippen molar-refractivity contribution in [1.82, 2.24) is 0 Å². The summed E-state index contributed by atoms with van der Waals surface area (Å²) >= 11 is 11.9. The van der Waals surface area contributed by atoms with Gasteiger partial charge in [-0.05, 0) is 0 Å². The second-order valence-corrected chi connectivity index (χ2v) is 9.98. The summed E-state index contributed by atoms with van der Waals surface area (Å²) in [6, 6.07) is 3.62. The van der Waals surface area contributed by atoms with Crippen molar-refractivity contribution in [2.45, 2.75) is 43.4 Å². The molecule has 3 heteroatoms. The van der Waals surface area contributed by atoms with Gasteiger partial charge in [0.05, 0.1) is 12.5 Å². The molecule has 62 valence electrons. The van der Waals surface area contributed by atoms with E-state index in [1.807, 2.05) is 0 Å². The topological polar surface area (TPSA) is 0 Å². The van der Waals surface area contributed by atoms with E-state index in [1.165, 1.54) is 18.1 Å². The largest absolute Gasteiger partial charge is 0.109 e. The molecule has 0 heterocycles. The summed E-state index contributed by atoms with van der Waals surface area (Å²) in [5.41, 5.74) is 0. The van der Waals surface area contributed by atoms with Gasteiger partial charge in [-0.3, -0.25) is 0 Å². The molecular weight excluding hydrogens is 183 g/mol. The first kappa shape index (κ1) is 10.8. The lowest BCUT2D eigenvalue weighted by atomic mass is 10.9. The number of halogens is 2. The highest BCUT2D eigenvalue weighted by Crippen LogP contribution is 2.29. The van der Waals surface area contributed by atoms with Crippen LogP contribution in [0.5, 0.6) is 0 Å². The molecule has 0 saturated heterocycles. The third-order valence-electron chi connectivity index (χ3n) is 2.58. The summed E-state index contributed by atoms with van der Waals surface area (Å²) < 4.78 is -0.0764. The number of rotatable bonds is 4. The first-order valence-electron chi connectivity index (χ1n) is 3.91. The maximum absolute atomic E-state index is 5.93. The van der Waals surface area contributed by atoms with Crippen molar-refractivity contribution in [2.75, 3.05) is 0 Å². The zero-order valence-electron chi connectivity index (χ0n) is 6.95. The van der Waals surface area contributed by atoms with Crippen molar-refractivity contribution in [3.63, 3.8) is 0 Å². The molecule has 0 amide bonds. The first-order chi connectivity index (χ1) is 4.63. The molecule has 0 spiro atoms. The van der Waals surface area contributed by atoms with E-state index in [-0.39, 0.29) is 4.46 Å². The van der Waals surface area contributed by atoms with Gasteiger partial charge in [0.1, 0.15) is 0 Å². The van der Waals surface area contributed by atoms with E-state index < -0.39 is 8.07 Å². The first-order valence-corrected chi connectivity index (χ1v) is 7.48. The Morgan fingerprint density at radius 1 is 1.00 bits per heavy atom. The minimum Gasteiger partial charge on any atom is -0.109 e. The molecule has 0 aromatic heterocycles. The van der Waals surface area contributed by atoms with E-state index in [1.54, 1.807) is 0 Å².